The normalized spacial score (nSPS) is 10.5. The number of hydrogen-bond acceptors (Lipinski definition) is 3. The second-order valence-electron chi connectivity index (χ2n) is 2.51. The fourth-order valence-electron chi connectivity index (χ4n) is 1.12. The number of nitrogens with zero attached hydrogens (tertiary/aromatic N) is 1. The summed E-state index contributed by atoms with van der Waals surface area (Å²) in [5.41, 5.74) is 5.52. The first-order valence-corrected chi connectivity index (χ1v) is 5.10. The van der Waals surface area contributed by atoms with Crippen molar-refractivity contribution >= 4 is 43.5 Å². The van der Waals surface area contributed by atoms with Gasteiger partial charge in [-0.15, -0.1) is 0 Å². The lowest BCUT2D eigenvalue weighted by molar-refractivity contribution is 0.0998. The van der Waals surface area contributed by atoms with E-state index in [1.165, 1.54) is 11.5 Å². The molecule has 0 bridgehead atoms. The lowest BCUT2D eigenvalue weighted by Crippen LogP contribution is -2.11. The minimum absolute atomic E-state index is 0.340. The van der Waals surface area contributed by atoms with Crippen LogP contribution in [0.3, 0.4) is 0 Å². The third kappa shape index (κ3) is 1.34. The van der Waals surface area contributed by atoms with E-state index in [1.54, 1.807) is 0 Å². The van der Waals surface area contributed by atoms with E-state index in [9.17, 15) is 4.79 Å². The molecule has 1 heterocycles. The highest BCUT2D eigenvalue weighted by Gasteiger charge is 2.12. The number of halogens is 1. The van der Waals surface area contributed by atoms with Crippen LogP contribution in [0.25, 0.3) is 10.1 Å². The van der Waals surface area contributed by atoms with E-state index >= 15 is 0 Å². The monoisotopic (exact) mass is 256 g/mol. The van der Waals surface area contributed by atoms with Crippen LogP contribution in [0, 0.1) is 0 Å². The Kier molecular flexibility index (Phi) is 2.05. The zero-order valence-corrected chi connectivity index (χ0v) is 8.85. The van der Waals surface area contributed by atoms with E-state index in [2.05, 4.69) is 20.3 Å². The van der Waals surface area contributed by atoms with Crippen LogP contribution in [-0.2, 0) is 0 Å². The number of carbonyl (C=O) groups excluding carboxylic acids is 1. The molecule has 1 aromatic heterocycles. The van der Waals surface area contributed by atoms with E-state index < -0.39 is 5.91 Å². The maximum absolute atomic E-state index is 11.0. The molecule has 0 aliphatic carbocycles. The summed E-state index contributed by atoms with van der Waals surface area (Å²) in [6, 6.07) is 5.67. The fraction of sp³-hybridized carbons (Fsp3) is 0. The van der Waals surface area contributed by atoms with Gasteiger partial charge in [-0.3, -0.25) is 4.79 Å². The van der Waals surface area contributed by atoms with Crippen molar-refractivity contribution in [2.75, 3.05) is 0 Å². The van der Waals surface area contributed by atoms with Crippen LogP contribution in [0.4, 0.5) is 0 Å². The average molecular weight is 257 g/mol. The highest BCUT2D eigenvalue weighted by molar-refractivity contribution is 9.10. The molecule has 13 heavy (non-hydrogen) atoms. The molecule has 2 N–H and O–H groups in total. The molecule has 0 spiro atoms. The number of aromatic nitrogens is 1. The van der Waals surface area contributed by atoms with Crippen molar-refractivity contribution in [1.29, 1.82) is 0 Å². The van der Waals surface area contributed by atoms with E-state index in [0.717, 1.165) is 14.6 Å². The lowest BCUT2D eigenvalue weighted by atomic mass is 10.2. The summed E-state index contributed by atoms with van der Waals surface area (Å²) in [7, 11) is 0. The largest absolute Gasteiger partial charge is 0.364 e. The SMILES string of the molecule is NC(=O)c1nsc2cccc(Br)c12. The zero-order chi connectivity index (χ0) is 9.42. The highest BCUT2D eigenvalue weighted by Crippen LogP contribution is 2.29. The first-order chi connectivity index (χ1) is 6.20. The van der Waals surface area contributed by atoms with E-state index in [-0.39, 0.29) is 0 Å². The molecule has 1 aromatic carbocycles. The Morgan fingerprint density at radius 1 is 1.54 bits per heavy atom. The topological polar surface area (TPSA) is 56.0 Å². The number of rotatable bonds is 1. The summed E-state index contributed by atoms with van der Waals surface area (Å²) in [6.07, 6.45) is 0. The quantitative estimate of drug-likeness (QED) is 0.851. The summed E-state index contributed by atoms with van der Waals surface area (Å²) in [5.74, 6) is -0.488. The van der Waals surface area contributed by atoms with Crippen LogP contribution < -0.4 is 5.73 Å². The van der Waals surface area contributed by atoms with Crippen LogP contribution in [0.1, 0.15) is 10.5 Å². The second kappa shape index (κ2) is 3.08. The third-order valence-corrected chi connectivity index (χ3v) is 3.15. The Labute approximate surface area is 86.8 Å². The minimum atomic E-state index is -0.488. The molecule has 0 fully saturated rings. The molecule has 3 nitrogen and oxygen atoms in total. The molecule has 0 radical (unpaired) electrons. The summed E-state index contributed by atoms with van der Waals surface area (Å²) in [6.45, 7) is 0. The second-order valence-corrected chi connectivity index (χ2v) is 4.17. The van der Waals surface area contributed by atoms with Crippen LogP contribution in [-0.4, -0.2) is 10.3 Å². The number of benzene rings is 1. The standard InChI is InChI=1S/C8H5BrN2OS/c9-4-2-1-3-5-6(4)7(8(10)12)11-13-5/h1-3H,(H2,10,12). The number of nitrogens with two attached hydrogens (primary N) is 1. The molecule has 0 aliphatic heterocycles. The van der Waals surface area contributed by atoms with E-state index in [0.29, 0.717) is 5.69 Å². The van der Waals surface area contributed by atoms with Gasteiger partial charge in [0.25, 0.3) is 5.91 Å². The predicted octanol–water partition coefficient (Wildman–Crippen LogP) is 2.16. The molecule has 0 saturated carbocycles. The molecular weight excluding hydrogens is 252 g/mol. The van der Waals surface area contributed by atoms with Gasteiger partial charge in [0.2, 0.25) is 0 Å². The number of primary amides is 1. The summed E-state index contributed by atoms with van der Waals surface area (Å²) >= 11 is 4.63. The van der Waals surface area contributed by atoms with Crippen LogP contribution >= 0.6 is 27.5 Å². The van der Waals surface area contributed by atoms with Crippen molar-refractivity contribution < 1.29 is 4.79 Å². The van der Waals surface area contributed by atoms with Crippen LogP contribution in [0.15, 0.2) is 22.7 Å². The van der Waals surface area contributed by atoms with Crippen molar-refractivity contribution in [1.82, 2.24) is 4.37 Å². The molecule has 5 heteroatoms. The lowest BCUT2D eigenvalue weighted by Gasteiger charge is -1.93. The molecule has 0 unspecified atom stereocenters. The van der Waals surface area contributed by atoms with Gasteiger partial charge in [-0.05, 0) is 23.7 Å². The van der Waals surface area contributed by atoms with Gasteiger partial charge in [0.1, 0.15) is 0 Å². The molecular formula is C8H5BrN2OS. The van der Waals surface area contributed by atoms with Crippen molar-refractivity contribution in [3.8, 4) is 0 Å². The summed E-state index contributed by atoms with van der Waals surface area (Å²) in [4.78, 5) is 11.0. The average Bonchev–Trinajstić information content (AvgIpc) is 2.49. The van der Waals surface area contributed by atoms with E-state index in [1.807, 2.05) is 18.2 Å². The molecule has 0 aliphatic rings. The van der Waals surface area contributed by atoms with Crippen molar-refractivity contribution in [3.63, 3.8) is 0 Å². The number of fused-ring (bicyclic) bond motifs is 1. The smallest absolute Gasteiger partial charge is 0.269 e. The minimum Gasteiger partial charge on any atom is -0.364 e. The molecule has 1 amide bonds. The number of amides is 1. The fourth-order valence-corrected chi connectivity index (χ4v) is 2.61. The van der Waals surface area contributed by atoms with Crippen molar-refractivity contribution in [2.24, 2.45) is 5.73 Å². The van der Waals surface area contributed by atoms with Crippen molar-refractivity contribution in [3.05, 3.63) is 28.4 Å². The maximum atomic E-state index is 11.0. The van der Waals surface area contributed by atoms with Gasteiger partial charge in [-0.1, -0.05) is 22.0 Å². The van der Waals surface area contributed by atoms with Crippen LogP contribution in [0.2, 0.25) is 0 Å². The molecule has 66 valence electrons. The van der Waals surface area contributed by atoms with Crippen molar-refractivity contribution in [2.45, 2.75) is 0 Å². The van der Waals surface area contributed by atoms with Gasteiger partial charge in [0.15, 0.2) is 5.69 Å². The molecule has 2 rings (SSSR count). The first kappa shape index (κ1) is 8.65. The van der Waals surface area contributed by atoms with Gasteiger partial charge in [-0.25, -0.2) is 0 Å². The Balaban J connectivity index is 2.86. The summed E-state index contributed by atoms with van der Waals surface area (Å²) in [5, 5.41) is 0.806. The number of hydrogen-bond donors (Lipinski definition) is 1. The third-order valence-electron chi connectivity index (χ3n) is 1.68. The van der Waals surface area contributed by atoms with Gasteiger partial charge >= 0.3 is 0 Å². The Bertz CT molecular complexity index is 480. The molecule has 2 aromatic rings. The van der Waals surface area contributed by atoms with Gasteiger partial charge < -0.3 is 5.73 Å². The zero-order valence-electron chi connectivity index (χ0n) is 6.45. The first-order valence-electron chi connectivity index (χ1n) is 3.54. The van der Waals surface area contributed by atoms with Gasteiger partial charge in [0, 0.05) is 9.86 Å². The Morgan fingerprint density at radius 3 is 3.00 bits per heavy atom. The maximum Gasteiger partial charge on any atom is 0.269 e. The van der Waals surface area contributed by atoms with E-state index in [4.69, 9.17) is 5.73 Å². The number of carbonyl (C=O) groups is 1. The highest BCUT2D eigenvalue weighted by atomic mass is 79.9. The Hall–Kier alpha value is -0.940. The van der Waals surface area contributed by atoms with Gasteiger partial charge in [-0.2, -0.15) is 4.37 Å². The summed E-state index contributed by atoms with van der Waals surface area (Å²) < 4.78 is 5.81. The van der Waals surface area contributed by atoms with Gasteiger partial charge in [0.05, 0.1) is 4.70 Å². The molecule has 0 atom stereocenters. The van der Waals surface area contributed by atoms with Crippen LogP contribution in [0.5, 0.6) is 0 Å². The predicted molar refractivity (Wildman–Crippen MR) is 55.8 cm³/mol. The molecule has 0 saturated heterocycles. The Morgan fingerprint density at radius 2 is 2.31 bits per heavy atom.